The molecule has 0 unspecified atom stereocenters. The van der Waals surface area contributed by atoms with E-state index in [4.69, 9.17) is 9.47 Å². The third kappa shape index (κ3) is 3.04. The van der Waals surface area contributed by atoms with Crippen LogP contribution < -0.4 is 4.74 Å². The molecule has 2 aromatic rings. The summed E-state index contributed by atoms with van der Waals surface area (Å²) < 4.78 is 12.4. The van der Waals surface area contributed by atoms with Crippen LogP contribution in [0, 0.1) is 0 Å². The van der Waals surface area contributed by atoms with E-state index >= 15 is 0 Å². The van der Waals surface area contributed by atoms with Crippen LogP contribution in [0.25, 0.3) is 10.9 Å². The number of carbonyl (C=O) groups excluding carboxylic acids is 1. The second-order valence-electron chi connectivity index (χ2n) is 4.54. The van der Waals surface area contributed by atoms with Gasteiger partial charge in [0.2, 0.25) is 0 Å². The molecule has 1 fully saturated rings. The molecule has 0 radical (unpaired) electrons. The average molecular weight is 416 g/mol. The standard InChI is InChI=1S/C14H12Br2N2O3/c15-10-8-11(16)13(12-9(10)2-1-3-17-12)21-14(19)18-4-6-20-7-5-18/h1-3,8H,4-7H2. The molecular weight excluding hydrogens is 404 g/mol. The van der Waals surface area contributed by atoms with Crippen molar-refractivity contribution in [2.75, 3.05) is 26.3 Å². The fourth-order valence-electron chi connectivity index (χ4n) is 2.14. The van der Waals surface area contributed by atoms with E-state index in [1.165, 1.54) is 0 Å². The summed E-state index contributed by atoms with van der Waals surface area (Å²) >= 11 is 6.92. The zero-order valence-electron chi connectivity index (χ0n) is 11.0. The number of nitrogens with zero attached hydrogens (tertiary/aromatic N) is 2. The Labute approximate surface area is 138 Å². The van der Waals surface area contributed by atoms with Crippen LogP contribution in [0.15, 0.2) is 33.3 Å². The first kappa shape index (κ1) is 14.7. The molecule has 2 heterocycles. The third-order valence-corrected chi connectivity index (χ3v) is 4.45. The highest BCUT2D eigenvalue weighted by Crippen LogP contribution is 2.37. The summed E-state index contributed by atoms with van der Waals surface area (Å²) in [4.78, 5) is 18.2. The van der Waals surface area contributed by atoms with Crippen LogP contribution in [0.3, 0.4) is 0 Å². The summed E-state index contributed by atoms with van der Waals surface area (Å²) in [6.45, 7) is 2.15. The molecule has 0 aliphatic carbocycles. The molecule has 0 saturated carbocycles. The van der Waals surface area contributed by atoms with Crippen LogP contribution in [0.4, 0.5) is 4.79 Å². The summed E-state index contributed by atoms with van der Waals surface area (Å²) in [5.74, 6) is 0.435. The minimum absolute atomic E-state index is 0.381. The number of carbonyl (C=O) groups is 1. The van der Waals surface area contributed by atoms with Gasteiger partial charge < -0.3 is 14.4 Å². The Morgan fingerprint density at radius 2 is 2.05 bits per heavy atom. The molecule has 1 aromatic carbocycles. The number of hydrogen-bond donors (Lipinski definition) is 0. The zero-order valence-corrected chi connectivity index (χ0v) is 14.2. The van der Waals surface area contributed by atoms with Crippen LogP contribution in [0.2, 0.25) is 0 Å². The Morgan fingerprint density at radius 1 is 1.29 bits per heavy atom. The Bertz CT molecular complexity index is 687. The van der Waals surface area contributed by atoms with Gasteiger partial charge in [0.25, 0.3) is 0 Å². The van der Waals surface area contributed by atoms with Crippen molar-refractivity contribution in [2.45, 2.75) is 0 Å². The number of benzene rings is 1. The van der Waals surface area contributed by atoms with E-state index in [0.29, 0.717) is 42.0 Å². The minimum Gasteiger partial charge on any atom is -0.407 e. The highest BCUT2D eigenvalue weighted by atomic mass is 79.9. The van der Waals surface area contributed by atoms with E-state index in [2.05, 4.69) is 36.8 Å². The predicted molar refractivity (Wildman–Crippen MR) is 85.6 cm³/mol. The number of aromatic nitrogens is 1. The van der Waals surface area contributed by atoms with Crippen molar-refractivity contribution in [3.8, 4) is 5.75 Å². The highest BCUT2D eigenvalue weighted by Gasteiger charge is 2.21. The van der Waals surface area contributed by atoms with Gasteiger partial charge in [0, 0.05) is 29.1 Å². The van der Waals surface area contributed by atoms with Crippen LogP contribution >= 0.6 is 31.9 Å². The van der Waals surface area contributed by atoms with Crippen molar-refractivity contribution in [3.63, 3.8) is 0 Å². The van der Waals surface area contributed by atoms with E-state index in [-0.39, 0.29) is 6.09 Å². The molecule has 1 amide bonds. The molecule has 1 aliphatic rings. The molecule has 0 spiro atoms. The van der Waals surface area contributed by atoms with Crippen molar-refractivity contribution >= 4 is 48.9 Å². The topological polar surface area (TPSA) is 51.7 Å². The van der Waals surface area contributed by atoms with Gasteiger partial charge in [-0.2, -0.15) is 0 Å². The summed E-state index contributed by atoms with van der Waals surface area (Å²) in [6.07, 6.45) is 1.29. The third-order valence-electron chi connectivity index (χ3n) is 3.21. The molecule has 0 bridgehead atoms. The number of hydrogen-bond acceptors (Lipinski definition) is 4. The maximum atomic E-state index is 12.2. The average Bonchev–Trinajstić information content (AvgIpc) is 2.52. The molecule has 5 nitrogen and oxygen atoms in total. The Balaban J connectivity index is 1.94. The number of amides is 1. The van der Waals surface area contributed by atoms with Gasteiger partial charge in [-0.15, -0.1) is 0 Å². The number of rotatable bonds is 1. The Morgan fingerprint density at radius 3 is 2.81 bits per heavy atom. The van der Waals surface area contributed by atoms with Crippen LogP contribution in [-0.4, -0.2) is 42.3 Å². The first-order valence-corrected chi connectivity index (χ1v) is 8.02. The summed E-state index contributed by atoms with van der Waals surface area (Å²) in [6, 6.07) is 5.62. The van der Waals surface area contributed by atoms with Gasteiger partial charge in [-0.1, -0.05) is 22.0 Å². The molecule has 3 rings (SSSR count). The van der Waals surface area contributed by atoms with Crippen LogP contribution in [0.5, 0.6) is 5.75 Å². The Kier molecular flexibility index (Phi) is 4.42. The van der Waals surface area contributed by atoms with Gasteiger partial charge in [0.05, 0.1) is 17.7 Å². The van der Waals surface area contributed by atoms with E-state index in [1.54, 1.807) is 11.1 Å². The van der Waals surface area contributed by atoms with Gasteiger partial charge in [0.1, 0.15) is 5.52 Å². The largest absolute Gasteiger partial charge is 0.415 e. The second-order valence-corrected chi connectivity index (χ2v) is 6.24. The monoisotopic (exact) mass is 414 g/mol. The number of pyridine rings is 1. The van der Waals surface area contributed by atoms with E-state index in [1.807, 2.05) is 18.2 Å². The summed E-state index contributed by atoms with van der Waals surface area (Å²) in [7, 11) is 0. The van der Waals surface area contributed by atoms with Gasteiger partial charge >= 0.3 is 6.09 Å². The van der Waals surface area contributed by atoms with Crippen molar-refractivity contribution in [1.29, 1.82) is 0 Å². The van der Waals surface area contributed by atoms with Crippen molar-refractivity contribution in [2.24, 2.45) is 0 Å². The molecule has 0 N–H and O–H groups in total. The molecule has 1 saturated heterocycles. The fraction of sp³-hybridized carbons (Fsp3) is 0.286. The van der Waals surface area contributed by atoms with Gasteiger partial charge in [-0.25, -0.2) is 4.79 Å². The first-order valence-electron chi connectivity index (χ1n) is 6.44. The molecule has 110 valence electrons. The smallest absolute Gasteiger partial charge is 0.407 e. The predicted octanol–water partition coefficient (Wildman–Crippen LogP) is 3.59. The quantitative estimate of drug-likeness (QED) is 0.714. The lowest BCUT2D eigenvalue weighted by Gasteiger charge is -2.26. The van der Waals surface area contributed by atoms with Gasteiger partial charge in [0.15, 0.2) is 5.75 Å². The van der Waals surface area contributed by atoms with Gasteiger partial charge in [-0.3, -0.25) is 4.98 Å². The summed E-state index contributed by atoms with van der Waals surface area (Å²) in [5, 5.41) is 0.894. The zero-order chi connectivity index (χ0) is 14.8. The summed E-state index contributed by atoms with van der Waals surface area (Å²) in [5.41, 5.74) is 0.639. The van der Waals surface area contributed by atoms with Gasteiger partial charge in [-0.05, 0) is 28.1 Å². The van der Waals surface area contributed by atoms with Crippen LogP contribution in [0.1, 0.15) is 0 Å². The van der Waals surface area contributed by atoms with Crippen molar-refractivity contribution in [1.82, 2.24) is 9.88 Å². The lowest BCUT2D eigenvalue weighted by Crippen LogP contribution is -2.42. The number of ether oxygens (including phenoxy) is 2. The van der Waals surface area contributed by atoms with Crippen molar-refractivity contribution < 1.29 is 14.3 Å². The number of morpholine rings is 1. The highest BCUT2D eigenvalue weighted by molar-refractivity contribution is 9.11. The molecule has 0 atom stereocenters. The first-order chi connectivity index (χ1) is 10.2. The molecule has 7 heteroatoms. The maximum absolute atomic E-state index is 12.2. The molecule has 1 aliphatic heterocycles. The van der Waals surface area contributed by atoms with Crippen LogP contribution in [-0.2, 0) is 4.74 Å². The number of halogens is 2. The lowest BCUT2D eigenvalue weighted by atomic mass is 10.2. The second kappa shape index (κ2) is 6.29. The Hall–Kier alpha value is -1.18. The van der Waals surface area contributed by atoms with E-state index in [0.717, 1.165) is 9.86 Å². The molecular formula is C14H12Br2N2O3. The van der Waals surface area contributed by atoms with Crippen molar-refractivity contribution in [3.05, 3.63) is 33.3 Å². The SMILES string of the molecule is O=C(Oc1c(Br)cc(Br)c2cccnc12)N1CCOCC1. The minimum atomic E-state index is -0.381. The number of fused-ring (bicyclic) bond motifs is 1. The van der Waals surface area contributed by atoms with E-state index < -0.39 is 0 Å². The maximum Gasteiger partial charge on any atom is 0.415 e. The normalized spacial score (nSPS) is 15.2. The molecule has 21 heavy (non-hydrogen) atoms. The molecule has 1 aromatic heterocycles. The fourth-order valence-corrected chi connectivity index (χ4v) is 3.50. The lowest BCUT2D eigenvalue weighted by molar-refractivity contribution is 0.0416. The van der Waals surface area contributed by atoms with E-state index in [9.17, 15) is 4.79 Å².